The van der Waals surface area contributed by atoms with Crippen LogP contribution < -0.4 is 0 Å². The fourth-order valence-corrected chi connectivity index (χ4v) is 2.27. The molecule has 2 atom stereocenters. The summed E-state index contributed by atoms with van der Waals surface area (Å²) in [4.78, 5) is 13.2. The second-order valence-corrected chi connectivity index (χ2v) is 4.34. The number of hydrogen-bond acceptors (Lipinski definition) is 2. The molecule has 1 aliphatic heterocycles. The number of nitrogens with zero attached hydrogens (tertiary/aromatic N) is 1. The minimum Gasteiger partial charge on any atom is -0.453 e. The Bertz CT molecular complexity index is 199. The van der Waals surface area contributed by atoms with Crippen molar-refractivity contribution in [3.8, 4) is 0 Å². The highest BCUT2D eigenvalue weighted by Gasteiger charge is 2.30. The molecule has 0 spiro atoms. The third kappa shape index (κ3) is 2.77. The van der Waals surface area contributed by atoms with Crippen LogP contribution >= 0.6 is 11.6 Å². The lowest BCUT2D eigenvalue weighted by atomic mass is 9.98. The van der Waals surface area contributed by atoms with Gasteiger partial charge in [-0.25, -0.2) is 4.79 Å². The van der Waals surface area contributed by atoms with Crippen molar-refractivity contribution >= 4 is 17.7 Å². The fourth-order valence-electron chi connectivity index (χ4n) is 1.97. The minimum atomic E-state index is -0.216. The molecule has 0 radical (unpaired) electrons. The van der Waals surface area contributed by atoms with Crippen LogP contribution in [0.4, 0.5) is 4.79 Å². The second kappa shape index (κ2) is 5.44. The Morgan fingerprint density at radius 1 is 1.64 bits per heavy atom. The highest BCUT2D eigenvalue weighted by Crippen LogP contribution is 2.25. The van der Waals surface area contributed by atoms with E-state index in [4.69, 9.17) is 16.3 Å². The normalized spacial score (nSPS) is 27.5. The summed E-state index contributed by atoms with van der Waals surface area (Å²) in [7, 11) is 1.43. The van der Waals surface area contributed by atoms with E-state index in [1.54, 1.807) is 0 Å². The number of halogens is 1. The largest absolute Gasteiger partial charge is 0.453 e. The average molecular weight is 220 g/mol. The first-order valence-electron chi connectivity index (χ1n) is 5.17. The summed E-state index contributed by atoms with van der Waals surface area (Å²) in [5.41, 5.74) is 0. The Balaban J connectivity index is 2.57. The van der Waals surface area contributed by atoms with Gasteiger partial charge < -0.3 is 9.64 Å². The van der Waals surface area contributed by atoms with Gasteiger partial charge in [0, 0.05) is 18.0 Å². The van der Waals surface area contributed by atoms with E-state index in [0.29, 0.717) is 0 Å². The van der Waals surface area contributed by atoms with Gasteiger partial charge in [0.25, 0.3) is 0 Å². The Kier molecular flexibility index (Phi) is 4.52. The van der Waals surface area contributed by atoms with Crippen molar-refractivity contribution < 1.29 is 9.53 Å². The third-order valence-electron chi connectivity index (χ3n) is 2.68. The van der Waals surface area contributed by atoms with E-state index in [9.17, 15) is 4.79 Å². The lowest BCUT2D eigenvalue weighted by molar-refractivity contribution is 0.0876. The molecular formula is C10H18ClNO2. The van der Waals surface area contributed by atoms with Crippen LogP contribution in [0.25, 0.3) is 0 Å². The summed E-state index contributed by atoms with van der Waals surface area (Å²) < 4.78 is 4.75. The summed E-state index contributed by atoms with van der Waals surface area (Å²) >= 11 is 6.08. The Morgan fingerprint density at radius 3 is 2.93 bits per heavy atom. The quantitative estimate of drug-likeness (QED) is 0.669. The summed E-state index contributed by atoms with van der Waals surface area (Å²) in [6.45, 7) is 2.85. The van der Waals surface area contributed by atoms with Crippen LogP contribution in [0.3, 0.4) is 0 Å². The van der Waals surface area contributed by atoms with E-state index in [0.717, 1.165) is 32.2 Å². The first kappa shape index (κ1) is 11.6. The SMILES string of the molecule is CCC[C@@H]1C[C@H](Cl)CCN1C(=O)OC. The van der Waals surface area contributed by atoms with E-state index >= 15 is 0 Å². The fraction of sp³-hybridized carbons (Fsp3) is 0.900. The molecule has 1 fully saturated rings. The third-order valence-corrected chi connectivity index (χ3v) is 3.08. The van der Waals surface area contributed by atoms with Crippen molar-refractivity contribution in [3.05, 3.63) is 0 Å². The molecule has 1 heterocycles. The maximum absolute atomic E-state index is 11.4. The summed E-state index contributed by atoms with van der Waals surface area (Å²) in [6, 6.07) is 0.267. The van der Waals surface area contributed by atoms with E-state index in [1.165, 1.54) is 7.11 Å². The number of hydrogen-bond donors (Lipinski definition) is 0. The van der Waals surface area contributed by atoms with Crippen LogP contribution in [0.15, 0.2) is 0 Å². The van der Waals surface area contributed by atoms with Gasteiger partial charge in [-0.2, -0.15) is 0 Å². The number of carbonyl (C=O) groups excluding carboxylic acids is 1. The molecular weight excluding hydrogens is 202 g/mol. The number of likely N-dealkylation sites (tertiary alicyclic amines) is 1. The van der Waals surface area contributed by atoms with E-state index < -0.39 is 0 Å². The molecule has 1 amide bonds. The molecule has 3 nitrogen and oxygen atoms in total. The topological polar surface area (TPSA) is 29.5 Å². The predicted molar refractivity (Wildman–Crippen MR) is 56.7 cm³/mol. The van der Waals surface area contributed by atoms with E-state index in [-0.39, 0.29) is 17.5 Å². The molecule has 0 aromatic carbocycles. The molecule has 14 heavy (non-hydrogen) atoms. The molecule has 0 aromatic heterocycles. The summed E-state index contributed by atoms with van der Waals surface area (Å²) in [5, 5.41) is 0.215. The van der Waals surface area contributed by atoms with Crippen LogP contribution in [0.5, 0.6) is 0 Å². The van der Waals surface area contributed by atoms with Crippen molar-refractivity contribution in [2.24, 2.45) is 0 Å². The average Bonchev–Trinajstić information content (AvgIpc) is 2.17. The maximum atomic E-state index is 11.4. The van der Waals surface area contributed by atoms with Crippen LogP contribution in [-0.2, 0) is 4.74 Å². The number of ether oxygens (including phenoxy) is 1. The lowest BCUT2D eigenvalue weighted by Gasteiger charge is -2.36. The highest BCUT2D eigenvalue weighted by atomic mass is 35.5. The Morgan fingerprint density at radius 2 is 2.36 bits per heavy atom. The van der Waals surface area contributed by atoms with Gasteiger partial charge in [-0.1, -0.05) is 13.3 Å². The zero-order valence-electron chi connectivity index (χ0n) is 8.83. The molecule has 1 rings (SSSR count). The smallest absolute Gasteiger partial charge is 0.409 e. The van der Waals surface area contributed by atoms with Crippen molar-refractivity contribution in [1.29, 1.82) is 0 Å². The van der Waals surface area contributed by atoms with Crippen molar-refractivity contribution in [2.45, 2.75) is 44.0 Å². The van der Waals surface area contributed by atoms with Crippen LogP contribution in [-0.4, -0.2) is 36.1 Å². The lowest BCUT2D eigenvalue weighted by Crippen LogP contribution is -2.46. The minimum absolute atomic E-state index is 0.215. The summed E-state index contributed by atoms with van der Waals surface area (Å²) in [5.74, 6) is 0. The zero-order chi connectivity index (χ0) is 10.6. The number of methoxy groups -OCH3 is 1. The van der Waals surface area contributed by atoms with Gasteiger partial charge in [-0.05, 0) is 19.3 Å². The monoisotopic (exact) mass is 219 g/mol. The molecule has 0 aromatic rings. The van der Waals surface area contributed by atoms with Crippen molar-refractivity contribution in [3.63, 3.8) is 0 Å². The molecule has 0 bridgehead atoms. The maximum Gasteiger partial charge on any atom is 0.409 e. The first-order chi connectivity index (χ1) is 6.69. The molecule has 0 saturated carbocycles. The van der Waals surface area contributed by atoms with E-state index in [1.807, 2.05) is 4.90 Å². The number of alkyl halides is 1. The second-order valence-electron chi connectivity index (χ2n) is 3.73. The van der Waals surface area contributed by atoms with Gasteiger partial charge in [0.1, 0.15) is 0 Å². The zero-order valence-corrected chi connectivity index (χ0v) is 9.59. The molecule has 4 heteroatoms. The molecule has 82 valence electrons. The van der Waals surface area contributed by atoms with Gasteiger partial charge in [0.2, 0.25) is 0 Å². The van der Waals surface area contributed by atoms with Gasteiger partial charge in [-0.3, -0.25) is 0 Å². The van der Waals surface area contributed by atoms with Gasteiger partial charge >= 0.3 is 6.09 Å². The first-order valence-corrected chi connectivity index (χ1v) is 5.61. The van der Waals surface area contributed by atoms with E-state index in [2.05, 4.69) is 6.92 Å². The molecule has 0 N–H and O–H groups in total. The molecule has 0 unspecified atom stereocenters. The number of amides is 1. The number of carbonyl (C=O) groups is 1. The van der Waals surface area contributed by atoms with Crippen LogP contribution in [0, 0.1) is 0 Å². The van der Waals surface area contributed by atoms with Crippen molar-refractivity contribution in [1.82, 2.24) is 4.90 Å². The standard InChI is InChI=1S/C10H18ClNO2/c1-3-4-9-7-8(11)5-6-12(9)10(13)14-2/h8-9H,3-7H2,1-2H3/t8-,9-/m1/s1. The van der Waals surface area contributed by atoms with Gasteiger partial charge in [0.15, 0.2) is 0 Å². The number of rotatable bonds is 2. The van der Waals surface area contributed by atoms with Crippen LogP contribution in [0.2, 0.25) is 0 Å². The Hall–Kier alpha value is -0.440. The van der Waals surface area contributed by atoms with Gasteiger partial charge in [-0.15, -0.1) is 11.6 Å². The van der Waals surface area contributed by atoms with Crippen molar-refractivity contribution in [2.75, 3.05) is 13.7 Å². The molecule has 0 aliphatic carbocycles. The summed E-state index contributed by atoms with van der Waals surface area (Å²) in [6.07, 6.45) is 3.63. The molecule has 1 saturated heterocycles. The number of piperidine rings is 1. The van der Waals surface area contributed by atoms with Crippen LogP contribution in [0.1, 0.15) is 32.6 Å². The predicted octanol–water partition coefficient (Wildman–Crippen LogP) is 2.62. The van der Waals surface area contributed by atoms with Gasteiger partial charge in [0.05, 0.1) is 7.11 Å². The highest BCUT2D eigenvalue weighted by molar-refractivity contribution is 6.20. The molecule has 1 aliphatic rings. The Labute approximate surface area is 90.4 Å².